The van der Waals surface area contributed by atoms with Gasteiger partial charge in [0.2, 0.25) is 0 Å². The summed E-state index contributed by atoms with van der Waals surface area (Å²) in [6.45, 7) is 0. The molecule has 1 atom stereocenters. The van der Waals surface area contributed by atoms with Crippen molar-refractivity contribution in [2.45, 2.75) is 30.3 Å². The van der Waals surface area contributed by atoms with E-state index in [1.54, 1.807) is 11.6 Å². The minimum Gasteiger partial charge on any atom is -0.399 e. The minimum absolute atomic E-state index is 0. The van der Waals surface area contributed by atoms with Gasteiger partial charge in [0.15, 0.2) is 5.03 Å². The highest BCUT2D eigenvalue weighted by Gasteiger charge is 2.27. The Morgan fingerprint density at radius 1 is 1.41 bits per heavy atom. The number of halogens is 1. The Morgan fingerprint density at radius 3 is 2.86 bits per heavy atom. The number of imidazole rings is 1. The zero-order chi connectivity index (χ0) is 15.0. The number of aromatic nitrogens is 2. The molecule has 0 saturated carbocycles. The molecule has 0 radical (unpaired) electrons. The summed E-state index contributed by atoms with van der Waals surface area (Å²) < 4.78 is 29.1. The van der Waals surface area contributed by atoms with Gasteiger partial charge in [-0.15, -0.1) is 12.4 Å². The molecule has 8 heteroatoms. The zero-order valence-corrected chi connectivity index (χ0v) is 13.8. The van der Waals surface area contributed by atoms with Gasteiger partial charge in [0.1, 0.15) is 0 Å². The second kappa shape index (κ2) is 6.28. The molecule has 22 heavy (non-hydrogen) atoms. The molecule has 0 fully saturated rings. The number of nitrogens with one attached hydrogen (secondary N) is 1. The third kappa shape index (κ3) is 3.26. The number of rotatable bonds is 3. The van der Waals surface area contributed by atoms with Gasteiger partial charge < -0.3 is 10.3 Å². The quantitative estimate of drug-likeness (QED) is 0.832. The van der Waals surface area contributed by atoms with Crippen molar-refractivity contribution in [2.75, 3.05) is 5.73 Å². The van der Waals surface area contributed by atoms with Crippen LogP contribution in [-0.2, 0) is 23.5 Å². The van der Waals surface area contributed by atoms with Gasteiger partial charge in [-0.1, -0.05) is 6.07 Å². The van der Waals surface area contributed by atoms with Crippen LogP contribution in [0.15, 0.2) is 35.7 Å². The molecule has 0 bridgehead atoms. The summed E-state index contributed by atoms with van der Waals surface area (Å²) in [7, 11) is -1.86. The summed E-state index contributed by atoms with van der Waals surface area (Å²) in [5.74, 6) is 0. The van der Waals surface area contributed by atoms with Gasteiger partial charge in [-0.3, -0.25) is 0 Å². The van der Waals surface area contributed by atoms with E-state index in [1.807, 2.05) is 18.2 Å². The second-order valence-electron chi connectivity index (χ2n) is 5.40. The number of anilines is 1. The Kier molecular flexibility index (Phi) is 4.79. The summed E-state index contributed by atoms with van der Waals surface area (Å²) in [6.07, 6.45) is 5.62. The number of nitrogens with zero attached hydrogens (tertiary/aromatic N) is 2. The molecule has 6 nitrogen and oxygen atoms in total. The van der Waals surface area contributed by atoms with E-state index in [2.05, 4.69) is 9.71 Å². The first kappa shape index (κ1) is 16.8. The van der Waals surface area contributed by atoms with Crippen molar-refractivity contribution in [1.29, 1.82) is 0 Å². The Morgan fingerprint density at radius 2 is 2.18 bits per heavy atom. The fraction of sp³-hybridized carbons (Fsp3) is 0.357. The molecule has 0 saturated heterocycles. The first-order valence-corrected chi connectivity index (χ1v) is 8.32. The molecule has 1 aliphatic carbocycles. The van der Waals surface area contributed by atoms with Crippen LogP contribution in [0.25, 0.3) is 0 Å². The molecule has 3 rings (SSSR count). The van der Waals surface area contributed by atoms with Crippen molar-refractivity contribution in [1.82, 2.24) is 14.3 Å². The fourth-order valence-electron chi connectivity index (χ4n) is 2.73. The maximum Gasteiger partial charge on any atom is 0.260 e. The van der Waals surface area contributed by atoms with Crippen molar-refractivity contribution in [3.05, 3.63) is 41.9 Å². The van der Waals surface area contributed by atoms with Crippen molar-refractivity contribution in [2.24, 2.45) is 7.05 Å². The molecule has 2 aromatic rings. The standard InChI is InChI=1S/C14H18N4O2S.ClH/c1-18-8-14(16-9-18)21(19,20)17-13-4-2-3-10-7-11(15)5-6-12(10)13;/h5-9,13,17H,2-4,15H2,1H3;1H. The largest absolute Gasteiger partial charge is 0.399 e. The van der Waals surface area contributed by atoms with Crippen molar-refractivity contribution >= 4 is 28.1 Å². The van der Waals surface area contributed by atoms with Crippen LogP contribution in [0.3, 0.4) is 0 Å². The number of hydrogen-bond acceptors (Lipinski definition) is 4. The number of aryl methyl sites for hydroxylation is 2. The molecule has 120 valence electrons. The molecule has 1 unspecified atom stereocenters. The van der Waals surface area contributed by atoms with Gasteiger partial charge >= 0.3 is 0 Å². The van der Waals surface area contributed by atoms with Crippen LogP contribution in [0.2, 0.25) is 0 Å². The van der Waals surface area contributed by atoms with E-state index in [-0.39, 0.29) is 23.5 Å². The van der Waals surface area contributed by atoms with Crippen LogP contribution in [0.4, 0.5) is 5.69 Å². The van der Waals surface area contributed by atoms with Crippen molar-refractivity contribution < 1.29 is 8.42 Å². The summed E-state index contributed by atoms with van der Waals surface area (Å²) in [6, 6.07) is 5.43. The van der Waals surface area contributed by atoms with E-state index in [0.717, 1.165) is 30.4 Å². The predicted octanol–water partition coefficient (Wildman–Crippen LogP) is 1.78. The lowest BCUT2D eigenvalue weighted by Crippen LogP contribution is -2.31. The van der Waals surface area contributed by atoms with Crippen molar-refractivity contribution in [3.8, 4) is 0 Å². The molecule has 0 spiro atoms. The Hall–Kier alpha value is -1.57. The van der Waals surface area contributed by atoms with Gasteiger partial charge in [0.05, 0.1) is 6.33 Å². The van der Waals surface area contributed by atoms with E-state index in [0.29, 0.717) is 5.69 Å². The summed E-state index contributed by atoms with van der Waals surface area (Å²) in [4.78, 5) is 3.92. The normalized spacial score (nSPS) is 17.6. The van der Waals surface area contributed by atoms with E-state index in [9.17, 15) is 8.42 Å². The molecule has 1 aromatic carbocycles. The molecule has 1 aliphatic rings. The van der Waals surface area contributed by atoms with E-state index in [4.69, 9.17) is 5.73 Å². The average Bonchev–Trinajstić information content (AvgIpc) is 2.86. The van der Waals surface area contributed by atoms with Crippen molar-refractivity contribution in [3.63, 3.8) is 0 Å². The van der Waals surface area contributed by atoms with E-state index in [1.165, 1.54) is 12.5 Å². The lowest BCUT2D eigenvalue weighted by Gasteiger charge is -2.26. The number of nitrogen functional groups attached to an aromatic ring is 1. The zero-order valence-electron chi connectivity index (χ0n) is 12.2. The molecular weight excluding hydrogens is 324 g/mol. The first-order chi connectivity index (χ1) is 9.95. The van der Waals surface area contributed by atoms with Crippen LogP contribution < -0.4 is 10.5 Å². The highest BCUT2D eigenvalue weighted by Crippen LogP contribution is 2.32. The first-order valence-electron chi connectivity index (χ1n) is 6.84. The second-order valence-corrected chi connectivity index (χ2v) is 7.06. The lowest BCUT2D eigenvalue weighted by molar-refractivity contribution is 0.506. The van der Waals surface area contributed by atoms with Crippen LogP contribution in [-0.4, -0.2) is 18.0 Å². The third-order valence-electron chi connectivity index (χ3n) is 3.74. The van der Waals surface area contributed by atoms with Crippen LogP contribution in [0.1, 0.15) is 30.0 Å². The lowest BCUT2D eigenvalue weighted by atomic mass is 9.88. The van der Waals surface area contributed by atoms with Gasteiger partial charge in [-0.25, -0.2) is 18.1 Å². The van der Waals surface area contributed by atoms with Gasteiger partial charge in [-0.2, -0.15) is 0 Å². The molecule has 1 aromatic heterocycles. The number of nitrogens with two attached hydrogens (primary N) is 1. The maximum absolute atomic E-state index is 12.4. The smallest absolute Gasteiger partial charge is 0.260 e. The maximum atomic E-state index is 12.4. The Labute approximate surface area is 136 Å². The molecule has 3 N–H and O–H groups in total. The highest BCUT2D eigenvalue weighted by molar-refractivity contribution is 7.89. The number of sulfonamides is 1. The van der Waals surface area contributed by atoms with Gasteiger partial charge in [-0.05, 0) is 42.5 Å². The van der Waals surface area contributed by atoms with E-state index < -0.39 is 10.0 Å². The van der Waals surface area contributed by atoms with E-state index >= 15 is 0 Å². The molecule has 0 amide bonds. The SMILES string of the molecule is Cl.Cn1cnc(S(=O)(=O)NC2CCCc3cc(N)ccc32)c1. The summed E-state index contributed by atoms with van der Waals surface area (Å²) in [5.41, 5.74) is 8.64. The fourth-order valence-corrected chi connectivity index (χ4v) is 3.96. The summed E-state index contributed by atoms with van der Waals surface area (Å²) in [5, 5.41) is 0.0487. The summed E-state index contributed by atoms with van der Waals surface area (Å²) >= 11 is 0. The van der Waals surface area contributed by atoms with Gasteiger partial charge in [0.25, 0.3) is 10.0 Å². The monoisotopic (exact) mass is 342 g/mol. The highest BCUT2D eigenvalue weighted by atomic mass is 35.5. The minimum atomic E-state index is -3.61. The number of fused-ring (bicyclic) bond motifs is 1. The number of hydrogen-bond donors (Lipinski definition) is 2. The molecule has 0 aliphatic heterocycles. The third-order valence-corrected chi connectivity index (χ3v) is 5.09. The topological polar surface area (TPSA) is 90.0 Å². The van der Waals surface area contributed by atoms with Crippen LogP contribution in [0.5, 0.6) is 0 Å². The number of benzene rings is 1. The predicted molar refractivity (Wildman–Crippen MR) is 87.3 cm³/mol. The van der Waals surface area contributed by atoms with Crippen LogP contribution in [0, 0.1) is 0 Å². The molecule has 1 heterocycles. The van der Waals surface area contributed by atoms with Crippen LogP contribution >= 0.6 is 12.4 Å². The molecular formula is C14H19ClN4O2S. The average molecular weight is 343 g/mol. The Bertz CT molecular complexity index is 773. The Balaban J connectivity index is 0.00000176. The van der Waals surface area contributed by atoms with Gasteiger partial charge in [0, 0.05) is 25.0 Å².